The highest BCUT2D eigenvalue weighted by Crippen LogP contribution is 2.44. The van der Waals surface area contributed by atoms with Crippen LogP contribution < -0.4 is 4.90 Å². The average Bonchev–Trinajstić information content (AvgIpc) is 3.49. The summed E-state index contributed by atoms with van der Waals surface area (Å²) in [5.41, 5.74) is 3.77. The molecule has 1 saturated heterocycles. The van der Waals surface area contributed by atoms with Gasteiger partial charge in [0.2, 0.25) is 0 Å². The molecule has 2 aliphatic heterocycles. The molecule has 2 fully saturated rings. The number of hydrogen-bond donors (Lipinski definition) is 0. The van der Waals surface area contributed by atoms with Crippen LogP contribution in [0.2, 0.25) is 10.0 Å². The second-order valence-corrected chi connectivity index (χ2v) is 8.94. The molecule has 0 spiro atoms. The van der Waals surface area contributed by atoms with Gasteiger partial charge in [0.25, 0.3) is 5.91 Å². The van der Waals surface area contributed by atoms with E-state index in [2.05, 4.69) is 4.90 Å². The zero-order chi connectivity index (χ0) is 20.3. The predicted molar refractivity (Wildman–Crippen MR) is 114 cm³/mol. The van der Waals surface area contributed by atoms with E-state index in [0.717, 1.165) is 29.8 Å². The first-order valence-corrected chi connectivity index (χ1v) is 10.6. The van der Waals surface area contributed by atoms with Crippen molar-refractivity contribution in [3.63, 3.8) is 0 Å². The average molecular weight is 430 g/mol. The second-order valence-electron chi connectivity index (χ2n) is 8.10. The van der Waals surface area contributed by atoms with Gasteiger partial charge in [0.05, 0.1) is 5.69 Å². The Balaban J connectivity index is 1.65. The first kappa shape index (κ1) is 18.9. The topological polar surface area (TPSA) is 43.9 Å². The van der Waals surface area contributed by atoms with Gasteiger partial charge in [-0.25, -0.2) is 9.69 Å². The minimum atomic E-state index is -0.290. The summed E-state index contributed by atoms with van der Waals surface area (Å²) in [6.07, 6.45) is 2.39. The highest BCUT2D eigenvalue weighted by atomic mass is 35.5. The first-order valence-electron chi connectivity index (χ1n) is 9.83. The van der Waals surface area contributed by atoms with E-state index in [1.807, 2.05) is 30.3 Å². The van der Waals surface area contributed by atoms with E-state index in [9.17, 15) is 9.59 Å². The van der Waals surface area contributed by atoms with Crippen LogP contribution in [0.5, 0.6) is 0 Å². The lowest BCUT2D eigenvalue weighted by molar-refractivity contribution is -0.116. The van der Waals surface area contributed by atoms with E-state index < -0.39 is 0 Å². The van der Waals surface area contributed by atoms with Crippen molar-refractivity contribution >= 4 is 40.8 Å². The number of para-hydroxylation sites is 1. The molecule has 3 aliphatic rings. The maximum absolute atomic E-state index is 12.7. The Kier molecular flexibility index (Phi) is 4.57. The molecule has 1 atom stereocenters. The molecular weight excluding hydrogens is 409 g/mol. The van der Waals surface area contributed by atoms with Crippen molar-refractivity contribution in [2.45, 2.75) is 31.3 Å². The number of benzene rings is 2. The second kappa shape index (κ2) is 7.01. The van der Waals surface area contributed by atoms with Crippen molar-refractivity contribution in [2.75, 3.05) is 25.0 Å². The van der Waals surface area contributed by atoms with Crippen molar-refractivity contribution in [1.82, 2.24) is 9.80 Å². The van der Waals surface area contributed by atoms with Crippen molar-refractivity contribution in [2.24, 2.45) is 0 Å². The van der Waals surface area contributed by atoms with Crippen molar-refractivity contribution in [1.29, 1.82) is 0 Å². The highest BCUT2D eigenvalue weighted by Gasteiger charge is 2.40. The molecule has 0 bridgehead atoms. The Bertz CT molecular complexity index is 1020. The first-order chi connectivity index (χ1) is 13.9. The van der Waals surface area contributed by atoms with Crippen LogP contribution in [0, 0.1) is 0 Å². The molecule has 2 heterocycles. The smallest absolute Gasteiger partial charge is 0.318 e. The number of amides is 3. The zero-order valence-corrected chi connectivity index (χ0v) is 17.6. The summed E-state index contributed by atoms with van der Waals surface area (Å²) in [4.78, 5) is 30.5. The molecule has 7 heteroatoms. The van der Waals surface area contributed by atoms with E-state index in [0.29, 0.717) is 21.8 Å². The lowest BCUT2D eigenvalue weighted by Gasteiger charge is -2.37. The maximum atomic E-state index is 12.7. The molecule has 1 saturated carbocycles. The molecule has 0 N–H and O–H groups in total. The Labute approximate surface area is 179 Å². The summed E-state index contributed by atoms with van der Waals surface area (Å²) in [6.45, 7) is 1.72. The van der Waals surface area contributed by atoms with Crippen LogP contribution in [0.4, 0.5) is 10.5 Å². The van der Waals surface area contributed by atoms with Crippen LogP contribution in [-0.2, 0) is 11.3 Å². The SMILES string of the molecule is CN1CC(=O)N(c2ccccc2C2CN(C3CC3)Cc3c(Cl)cc(Cl)cc32)C1=O. The van der Waals surface area contributed by atoms with Gasteiger partial charge in [0, 0.05) is 42.1 Å². The Hall–Kier alpha value is -2.08. The van der Waals surface area contributed by atoms with Crippen molar-refractivity contribution < 1.29 is 9.59 Å². The number of anilines is 1. The third-order valence-corrected chi connectivity index (χ3v) is 6.66. The number of hydrogen-bond acceptors (Lipinski definition) is 3. The Morgan fingerprint density at radius 1 is 1.00 bits per heavy atom. The van der Waals surface area contributed by atoms with Gasteiger partial charge in [-0.3, -0.25) is 9.69 Å². The highest BCUT2D eigenvalue weighted by molar-refractivity contribution is 6.35. The van der Waals surface area contributed by atoms with Crippen LogP contribution in [0.3, 0.4) is 0 Å². The van der Waals surface area contributed by atoms with Gasteiger partial charge < -0.3 is 4.90 Å². The summed E-state index contributed by atoms with van der Waals surface area (Å²) in [6, 6.07) is 11.7. The van der Waals surface area contributed by atoms with Gasteiger partial charge in [-0.05, 0) is 47.7 Å². The van der Waals surface area contributed by atoms with E-state index in [4.69, 9.17) is 23.2 Å². The summed E-state index contributed by atoms with van der Waals surface area (Å²) < 4.78 is 0. The number of rotatable bonds is 3. The lowest BCUT2D eigenvalue weighted by atomic mass is 9.83. The van der Waals surface area contributed by atoms with E-state index in [-0.39, 0.29) is 24.4 Å². The van der Waals surface area contributed by atoms with Crippen LogP contribution in [0.15, 0.2) is 36.4 Å². The number of halogens is 2. The summed E-state index contributed by atoms with van der Waals surface area (Å²) >= 11 is 12.9. The molecule has 2 aromatic carbocycles. The number of likely N-dealkylation sites (N-methyl/N-ethyl adjacent to an activating group) is 1. The van der Waals surface area contributed by atoms with Crippen LogP contribution >= 0.6 is 23.2 Å². The quantitative estimate of drug-likeness (QED) is 0.674. The van der Waals surface area contributed by atoms with Gasteiger partial charge in [0.15, 0.2) is 0 Å². The molecule has 29 heavy (non-hydrogen) atoms. The summed E-state index contributed by atoms with van der Waals surface area (Å²) in [7, 11) is 1.65. The number of fused-ring (bicyclic) bond motifs is 1. The number of urea groups is 1. The number of carbonyl (C=O) groups excluding carboxylic acids is 2. The molecule has 5 rings (SSSR count). The summed E-state index contributed by atoms with van der Waals surface area (Å²) in [5.74, 6) is -0.220. The zero-order valence-electron chi connectivity index (χ0n) is 16.1. The number of carbonyl (C=O) groups is 2. The van der Waals surface area contributed by atoms with Gasteiger partial charge in [-0.2, -0.15) is 0 Å². The van der Waals surface area contributed by atoms with Crippen molar-refractivity contribution in [3.8, 4) is 0 Å². The largest absolute Gasteiger partial charge is 0.331 e. The van der Waals surface area contributed by atoms with Gasteiger partial charge in [0.1, 0.15) is 6.54 Å². The van der Waals surface area contributed by atoms with Crippen LogP contribution in [0.1, 0.15) is 35.4 Å². The standard InChI is InChI=1S/C22H21Cl2N3O2/c1-25-12-21(28)27(22(25)29)20-5-3-2-4-15(20)17-10-26(14-6-7-14)11-18-16(17)8-13(23)9-19(18)24/h2-5,8-9,14,17H,6-7,10-12H2,1H3. The molecule has 150 valence electrons. The van der Waals surface area contributed by atoms with Gasteiger partial charge in [-0.15, -0.1) is 0 Å². The molecule has 0 aromatic heterocycles. The Morgan fingerprint density at radius 3 is 2.45 bits per heavy atom. The molecular formula is C22H21Cl2N3O2. The maximum Gasteiger partial charge on any atom is 0.331 e. The number of imide groups is 1. The Morgan fingerprint density at radius 2 is 1.76 bits per heavy atom. The molecule has 1 unspecified atom stereocenters. The van der Waals surface area contributed by atoms with Crippen molar-refractivity contribution in [3.05, 3.63) is 63.1 Å². The molecule has 3 amide bonds. The molecule has 0 radical (unpaired) electrons. The van der Waals surface area contributed by atoms with E-state index >= 15 is 0 Å². The summed E-state index contributed by atoms with van der Waals surface area (Å²) in [5, 5.41) is 1.28. The van der Waals surface area contributed by atoms with E-state index in [1.54, 1.807) is 13.1 Å². The molecule has 1 aliphatic carbocycles. The normalized spacial score (nSPS) is 22.4. The number of nitrogens with zero attached hydrogens (tertiary/aromatic N) is 3. The predicted octanol–water partition coefficient (Wildman–Crippen LogP) is 4.50. The van der Waals surface area contributed by atoms with Gasteiger partial charge in [-0.1, -0.05) is 41.4 Å². The monoisotopic (exact) mass is 429 g/mol. The van der Waals surface area contributed by atoms with Gasteiger partial charge >= 0.3 is 6.03 Å². The third kappa shape index (κ3) is 3.21. The van der Waals surface area contributed by atoms with Crippen LogP contribution in [-0.4, -0.2) is 47.9 Å². The van der Waals surface area contributed by atoms with Crippen LogP contribution in [0.25, 0.3) is 0 Å². The fourth-order valence-corrected chi connectivity index (χ4v) is 5.10. The lowest BCUT2D eigenvalue weighted by Crippen LogP contribution is -2.37. The minimum Gasteiger partial charge on any atom is -0.318 e. The molecule has 2 aromatic rings. The third-order valence-electron chi connectivity index (χ3n) is 6.10. The minimum absolute atomic E-state index is 0.0155. The van der Waals surface area contributed by atoms with E-state index in [1.165, 1.54) is 22.6 Å². The fraction of sp³-hybridized carbons (Fsp3) is 0.364. The molecule has 5 nitrogen and oxygen atoms in total. The fourth-order valence-electron chi connectivity index (χ4n) is 4.53.